The third kappa shape index (κ3) is 3.18. The van der Waals surface area contributed by atoms with Gasteiger partial charge in [-0.25, -0.2) is 8.42 Å². The molecular formula is C18H24O7S. The van der Waals surface area contributed by atoms with Gasteiger partial charge in [-0.1, -0.05) is 19.1 Å². The van der Waals surface area contributed by atoms with Crippen LogP contribution in [0.2, 0.25) is 0 Å². The number of carbonyl (C=O) groups excluding carboxylic acids is 2. The molecule has 0 radical (unpaired) electrons. The summed E-state index contributed by atoms with van der Waals surface area (Å²) in [6.45, 7) is 4.76. The van der Waals surface area contributed by atoms with Gasteiger partial charge in [-0.05, 0) is 31.5 Å². The zero-order chi connectivity index (χ0) is 19.5. The Balaban J connectivity index is 2.59. The Bertz CT molecular complexity index is 749. The van der Waals surface area contributed by atoms with Crippen LogP contribution < -0.4 is 4.74 Å². The van der Waals surface area contributed by atoms with Crippen LogP contribution in [0.4, 0.5) is 0 Å². The van der Waals surface area contributed by atoms with Crippen LogP contribution in [0.15, 0.2) is 24.3 Å². The highest BCUT2D eigenvalue weighted by Crippen LogP contribution is 2.64. The smallest absolute Gasteiger partial charge is 0.325 e. The van der Waals surface area contributed by atoms with Crippen LogP contribution in [-0.4, -0.2) is 51.7 Å². The van der Waals surface area contributed by atoms with Crippen LogP contribution in [0.25, 0.3) is 0 Å². The topological polar surface area (TPSA) is 96.0 Å². The third-order valence-electron chi connectivity index (χ3n) is 4.62. The van der Waals surface area contributed by atoms with Crippen molar-refractivity contribution in [2.24, 2.45) is 5.41 Å². The molecule has 1 fully saturated rings. The molecule has 0 heterocycles. The lowest BCUT2D eigenvalue weighted by Crippen LogP contribution is -2.36. The maximum atomic E-state index is 12.7. The largest absolute Gasteiger partial charge is 0.497 e. The lowest BCUT2D eigenvalue weighted by Gasteiger charge is -2.15. The first kappa shape index (κ1) is 20.2. The van der Waals surface area contributed by atoms with Crippen molar-refractivity contribution in [3.8, 4) is 5.75 Å². The maximum absolute atomic E-state index is 12.7. The van der Waals surface area contributed by atoms with E-state index < -0.39 is 38.4 Å². The fourth-order valence-corrected chi connectivity index (χ4v) is 5.32. The molecule has 8 heteroatoms. The molecule has 1 saturated carbocycles. The lowest BCUT2D eigenvalue weighted by molar-refractivity contribution is -0.164. The van der Waals surface area contributed by atoms with Gasteiger partial charge in [-0.2, -0.15) is 0 Å². The van der Waals surface area contributed by atoms with Gasteiger partial charge in [0, 0.05) is 11.7 Å². The molecule has 2 rings (SSSR count). The fraction of sp³-hybridized carbons (Fsp3) is 0.556. The molecular weight excluding hydrogens is 360 g/mol. The van der Waals surface area contributed by atoms with Crippen LogP contribution in [0.1, 0.15) is 32.3 Å². The normalized spacial score (nSPS) is 20.9. The minimum atomic E-state index is -3.71. The quantitative estimate of drug-likeness (QED) is 0.497. The predicted octanol–water partition coefficient (Wildman–Crippen LogP) is 1.71. The fourth-order valence-electron chi connectivity index (χ4n) is 3.35. The van der Waals surface area contributed by atoms with Crippen molar-refractivity contribution in [3.05, 3.63) is 29.8 Å². The van der Waals surface area contributed by atoms with E-state index in [1.54, 1.807) is 38.1 Å². The molecule has 144 valence electrons. The molecule has 2 atom stereocenters. The number of methoxy groups -OCH3 is 1. The van der Waals surface area contributed by atoms with Gasteiger partial charge in [0.1, 0.15) is 5.75 Å². The van der Waals surface area contributed by atoms with E-state index in [1.807, 2.05) is 0 Å². The van der Waals surface area contributed by atoms with E-state index in [0.29, 0.717) is 11.3 Å². The first-order valence-corrected chi connectivity index (χ1v) is 10.2. The van der Waals surface area contributed by atoms with Gasteiger partial charge >= 0.3 is 11.9 Å². The summed E-state index contributed by atoms with van der Waals surface area (Å²) in [5.41, 5.74) is -1.32. The summed E-state index contributed by atoms with van der Waals surface area (Å²) < 4.78 is 40.6. The Kier molecular flexibility index (Phi) is 5.95. The Morgan fingerprint density at radius 2 is 1.50 bits per heavy atom. The van der Waals surface area contributed by atoms with Crippen LogP contribution >= 0.6 is 0 Å². The number of hydrogen-bond acceptors (Lipinski definition) is 7. The SMILES string of the molecule is CCOC(=O)C1(C(=O)OCC)[C@H](c2ccc(OC)cc2)[C@H]1S(=O)(=O)CC. The van der Waals surface area contributed by atoms with Crippen molar-refractivity contribution in [2.45, 2.75) is 31.9 Å². The van der Waals surface area contributed by atoms with Gasteiger partial charge in [-0.3, -0.25) is 9.59 Å². The van der Waals surface area contributed by atoms with Crippen LogP contribution in [-0.2, 0) is 28.9 Å². The Morgan fingerprint density at radius 3 is 1.88 bits per heavy atom. The average molecular weight is 384 g/mol. The number of rotatable bonds is 8. The van der Waals surface area contributed by atoms with Crippen molar-refractivity contribution in [1.82, 2.24) is 0 Å². The van der Waals surface area contributed by atoms with E-state index in [-0.39, 0.29) is 19.0 Å². The van der Waals surface area contributed by atoms with Gasteiger partial charge < -0.3 is 14.2 Å². The summed E-state index contributed by atoms with van der Waals surface area (Å²) in [6, 6.07) is 6.62. The second-order valence-corrected chi connectivity index (χ2v) is 8.34. The molecule has 0 N–H and O–H groups in total. The zero-order valence-electron chi connectivity index (χ0n) is 15.4. The van der Waals surface area contributed by atoms with Crippen LogP contribution in [0.3, 0.4) is 0 Å². The van der Waals surface area contributed by atoms with Gasteiger partial charge in [0.15, 0.2) is 15.3 Å². The monoisotopic (exact) mass is 384 g/mol. The number of benzene rings is 1. The van der Waals surface area contributed by atoms with Gasteiger partial charge in [0.2, 0.25) is 0 Å². The number of carbonyl (C=O) groups is 2. The van der Waals surface area contributed by atoms with E-state index in [1.165, 1.54) is 14.0 Å². The molecule has 0 unspecified atom stereocenters. The first-order chi connectivity index (χ1) is 12.3. The predicted molar refractivity (Wildman–Crippen MR) is 94.7 cm³/mol. The van der Waals surface area contributed by atoms with Crippen molar-refractivity contribution < 1.29 is 32.2 Å². The minimum Gasteiger partial charge on any atom is -0.497 e. The highest BCUT2D eigenvalue weighted by molar-refractivity contribution is 7.92. The Labute approximate surface area is 153 Å². The summed E-state index contributed by atoms with van der Waals surface area (Å²) in [5.74, 6) is -2.17. The molecule has 1 aromatic carbocycles. The zero-order valence-corrected chi connectivity index (χ0v) is 16.2. The van der Waals surface area contributed by atoms with E-state index in [0.717, 1.165) is 0 Å². The minimum absolute atomic E-state index is 0.0359. The number of hydrogen-bond donors (Lipinski definition) is 0. The Morgan fingerprint density at radius 1 is 1.00 bits per heavy atom. The molecule has 0 spiro atoms. The summed E-state index contributed by atoms with van der Waals surface area (Å²) in [7, 11) is -2.19. The average Bonchev–Trinajstić information content (AvgIpc) is 3.35. The Hall–Kier alpha value is -2.09. The second-order valence-electron chi connectivity index (χ2n) is 5.93. The van der Waals surface area contributed by atoms with Gasteiger partial charge in [0.05, 0.1) is 25.6 Å². The standard InChI is InChI=1S/C18H24O7S/c1-5-24-16(19)18(17(20)25-6-2)14(15(18)26(21,22)7-3)12-8-10-13(23-4)11-9-12/h8-11,14-15H,5-7H2,1-4H3/t14-,15-/m1/s1. The van der Waals surface area contributed by atoms with Crippen LogP contribution in [0.5, 0.6) is 5.75 Å². The van der Waals surface area contributed by atoms with E-state index in [4.69, 9.17) is 14.2 Å². The van der Waals surface area contributed by atoms with Gasteiger partial charge in [0.25, 0.3) is 0 Å². The number of sulfone groups is 1. The molecule has 26 heavy (non-hydrogen) atoms. The second kappa shape index (κ2) is 7.65. The summed E-state index contributed by atoms with van der Waals surface area (Å²) >= 11 is 0. The summed E-state index contributed by atoms with van der Waals surface area (Å²) in [6.07, 6.45) is 0. The number of ether oxygens (including phenoxy) is 3. The van der Waals surface area contributed by atoms with E-state index in [9.17, 15) is 18.0 Å². The molecule has 0 saturated heterocycles. The third-order valence-corrected chi connectivity index (χ3v) is 6.85. The molecule has 0 aromatic heterocycles. The van der Waals surface area contributed by atoms with Gasteiger partial charge in [-0.15, -0.1) is 0 Å². The summed E-state index contributed by atoms with van der Waals surface area (Å²) in [5, 5.41) is -1.20. The van der Waals surface area contributed by atoms with Crippen molar-refractivity contribution >= 4 is 21.8 Å². The highest BCUT2D eigenvalue weighted by Gasteiger charge is 2.81. The van der Waals surface area contributed by atoms with E-state index in [2.05, 4.69) is 0 Å². The van der Waals surface area contributed by atoms with Crippen LogP contribution in [0, 0.1) is 5.41 Å². The molecule has 1 aliphatic rings. The molecule has 1 aromatic rings. The molecule has 0 aliphatic heterocycles. The number of esters is 2. The van der Waals surface area contributed by atoms with Crippen molar-refractivity contribution in [2.75, 3.05) is 26.1 Å². The highest BCUT2D eigenvalue weighted by atomic mass is 32.2. The lowest BCUT2D eigenvalue weighted by atomic mass is 9.99. The van der Waals surface area contributed by atoms with Crippen molar-refractivity contribution in [1.29, 1.82) is 0 Å². The molecule has 0 amide bonds. The maximum Gasteiger partial charge on any atom is 0.325 e. The first-order valence-electron chi connectivity index (χ1n) is 8.51. The molecule has 7 nitrogen and oxygen atoms in total. The van der Waals surface area contributed by atoms with E-state index >= 15 is 0 Å². The molecule has 0 bridgehead atoms. The molecule has 1 aliphatic carbocycles. The summed E-state index contributed by atoms with van der Waals surface area (Å²) in [4.78, 5) is 25.4. The van der Waals surface area contributed by atoms with Crippen molar-refractivity contribution in [3.63, 3.8) is 0 Å².